The number of para-hydroxylation sites is 3. The lowest BCUT2D eigenvalue weighted by Gasteiger charge is -2.48. The number of nitrogens with zero attached hydrogens (tertiary/aromatic N) is 2. The Kier molecular flexibility index (Phi) is 7.51. The first-order valence-corrected chi connectivity index (χ1v) is 24.5. The van der Waals surface area contributed by atoms with Crippen LogP contribution in [0.5, 0.6) is 0 Å². The molecular formula is C68H42N2. The van der Waals surface area contributed by atoms with Crippen molar-refractivity contribution in [3.8, 4) is 44.8 Å². The second-order valence-corrected chi connectivity index (χ2v) is 19.4. The van der Waals surface area contributed by atoms with Gasteiger partial charge in [0.05, 0.1) is 38.6 Å². The van der Waals surface area contributed by atoms with E-state index < -0.39 is 10.8 Å². The van der Waals surface area contributed by atoms with Gasteiger partial charge in [0.25, 0.3) is 0 Å². The van der Waals surface area contributed by atoms with Crippen LogP contribution in [0, 0.1) is 0 Å². The number of hydrogen-bond acceptors (Lipinski definition) is 0. The summed E-state index contributed by atoms with van der Waals surface area (Å²) >= 11 is 0. The van der Waals surface area contributed by atoms with Crippen LogP contribution in [0.25, 0.3) is 88.4 Å². The molecule has 0 radical (unpaired) electrons. The average Bonchev–Trinajstić information content (AvgIpc) is 4.14. The van der Waals surface area contributed by atoms with E-state index in [1.165, 1.54) is 133 Å². The van der Waals surface area contributed by atoms with Crippen LogP contribution >= 0.6 is 0 Å². The standard InChI is InChI=1S/C68H42N2/c1-2-19-45(20-3-1)69-61-34-16-7-23-48(61)51-41-43(37-39-63(51)69)44-38-40-64-52(42-44)49-24-8-17-35-62(49)70(64)65-36-18-33-60-66(65)50-25-6-11-28-55(50)68(60)58-31-14-12-29-56(58)67(57-30-13-15-32-59(57)68)53-26-9-4-21-46(53)47-22-5-10-27-54(47)67/h1-42H. The maximum Gasteiger partial charge on any atom is 0.0720 e. The van der Waals surface area contributed by atoms with Gasteiger partial charge in [-0.3, -0.25) is 0 Å². The van der Waals surface area contributed by atoms with E-state index in [2.05, 4.69) is 264 Å². The van der Waals surface area contributed by atoms with Crippen molar-refractivity contribution in [1.82, 2.24) is 9.13 Å². The average molecular weight is 887 g/mol. The fraction of sp³-hybridized carbons (Fsp3) is 0.0294. The van der Waals surface area contributed by atoms with Crippen LogP contribution < -0.4 is 0 Å². The van der Waals surface area contributed by atoms with E-state index in [0.29, 0.717) is 0 Å². The molecule has 3 aliphatic rings. The van der Waals surface area contributed by atoms with Gasteiger partial charge in [-0.1, -0.05) is 200 Å². The Labute approximate surface area is 405 Å². The van der Waals surface area contributed by atoms with E-state index >= 15 is 0 Å². The van der Waals surface area contributed by atoms with Gasteiger partial charge in [0.15, 0.2) is 0 Å². The first-order valence-electron chi connectivity index (χ1n) is 24.5. The van der Waals surface area contributed by atoms with Gasteiger partial charge in [-0.05, 0) is 127 Å². The molecule has 0 amide bonds. The van der Waals surface area contributed by atoms with Crippen LogP contribution in [0.1, 0.15) is 44.5 Å². The summed E-state index contributed by atoms with van der Waals surface area (Å²) in [7, 11) is 0. The van der Waals surface area contributed by atoms with Crippen LogP contribution in [0.15, 0.2) is 255 Å². The molecule has 0 saturated carbocycles. The maximum absolute atomic E-state index is 2.55. The molecule has 0 fully saturated rings. The third-order valence-corrected chi connectivity index (χ3v) is 16.4. The van der Waals surface area contributed by atoms with Crippen molar-refractivity contribution in [3.63, 3.8) is 0 Å². The molecule has 2 spiro atoms. The van der Waals surface area contributed by atoms with Gasteiger partial charge in [0, 0.05) is 32.8 Å². The van der Waals surface area contributed by atoms with Crippen molar-refractivity contribution >= 4 is 43.6 Å². The Hall–Kier alpha value is -8.98. The predicted octanol–water partition coefficient (Wildman–Crippen LogP) is 16.6. The Bertz CT molecular complexity index is 4280. The summed E-state index contributed by atoms with van der Waals surface area (Å²) in [5.41, 5.74) is 24.5. The minimum atomic E-state index is -0.568. The zero-order valence-corrected chi connectivity index (χ0v) is 38.1. The second kappa shape index (κ2) is 13.8. The summed E-state index contributed by atoms with van der Waals surface area (Å²) in [5, 5.41) is 5.00. The minimum absolute atomic E-state index is 0.477. The third kappa shape index (κ3) is 4.59. The Morgan fingerprint density at radius 2 is 0.629 bits per heavy atom. The molecule has 0 bridgehead atoms. The molecule has 2 aromatic heterocycles. The third-order valence-electron chi connectivity index (χ3n) is 16.4. The molecule has 0 atom stereocenters. The first kappa shape index (κ1) is 38.0. The highest BCUT2D eigenvalue weighted by Gasteiger charge is 2.59. The van der Waals surface area contributed by atoms with Crippen LogP contribution in [0.2, 0.25) is 0 Å². The Morgan fingerprint density at radius 1 is 0.243 bits per heavy atom. The van der Waals surface area contributed by atoms with Gasteiger partial charge in [-0.15, -0.1) is 0 Å². The van der Waals surface area contributed by atoms with Crippen LogP contribution in [0.4, 0.5) is 0 Å². The van der Waals surface area contributed by atoms with E-state index in [4.69, 9.17) is 0 Å². The van der Waals surface area contributed by atoms with Gasteiger partial charge in [0.1, 0.15) is 0 Å². The number of benzene rings is 11. The zero-order valence-electron chi connectivity index (χ0n) is 38.1. The smallest absolute Gasteiger partial charge is 0.0720 e. The lowest BCUT2D eigenvalue weighted by Crippen LogP contribution is -2.43. The summed E-state index contributed by atoms with van der Waals surface area (Å²) in [6.45, 7) is 0. The normalized spacial score (nSPS) is 14.2. The minimum Gasteiger partial charge on any atom is -0.309 e. The van der Waals surface area contributed by atoms with Gasteiger partial charge in [-0.2, -0.15) is 0 Å². The van der Waals surface area contributed by atoms with E-state index in [1.54, 1.807) is 0 Å². The van der Waals surface area contributed by atoms with Crippen LogP contribution in [-0.4, -0.2) is 9.13 Å². The van der Waals surface area contributed by atoms with Crippen molar-refractivity contribution in [1.29, 1.82) is 0 Å². The highest BCUT2D eigenvalue weighted by molar-refractivity contribution is 6.13. The van der Waals surface area contributed by atoms with Crippen molar-refractivity contribution < 1.29 is 0 Å². The molecule has 16 rings (SSSR count). The number of aromatic nitrogens is 2. The van der Waals surface area contributed by atoms with Gasteiger partial charge >= 0.3 is 0 Å². The summed E-state index contributed by atoms with van der Waals surface area (Å²) in [4.78, 5) is 0. The number of rotatable bonds is 3. The zero-order chi connectivity index (χ0) is 45.7. The Balaban J connectivity index is 0.936. The number of hydrogen-bond donors (Lipinski definition) is 0. The van der Waals surface area contributed by atoms with Crippen molar-refractivity contribution in [3.05, 3.63) is 299 Å². The van der Waals surface area contributed by atoms with E-state index in [-0.39, 0.29) is 0 Å². The molecule has 13 aromatic rings. The summed E-state index contributed by atoms with van der Waals surface area (Å²) in [6, 6.07) is 96.0. The molecule has 2 heterocycles. The fourth-order valence-corrected chi connectivity index (χ4v) is 13.9. The lowest BCUT2D eigenvalue weighted by atomic mass is 9.52. The topological polar surface area (TPSA) is 9.86 Å². The van der Waals surface area contributed by atoms with Crippen LogP contribution in [-0.2, 0) is 10.8 Å². The van der Waals surface area contributed by atoms with E-state index in [9.17, 15) is 0 Å². The van der Waals surface area contributed by atoms with Crippen LogP contribution in [0.3, 0.4) is 0 Å². The fourth-order valence-electron chi connectivity index (χ4n) is 13.9. The molecule has 2 heteroatoms. The predicted molar refractivity (Wildman–Crippen MR) is 289 cm³/mol. The molecule has 0 unspecified atom stereocenters. The van der Waals surface area contributed by atoms with Crippen molar-refractivity contribution in [2.24, 2.45) is 0 Å². The van der Waals surface area contributed by atoms with E-state index in [1.807, 2.05) is 0 Å². The summed E-state index contributed by atoms with van der Waals surface area (Å²) < 4.78 is 4.94. The lowest BCUT2D eigenvalue weighted by molar-refractivity contribution is 0.633. The number of fused-ring (bicyclic) bond motifs is 22. The van der Waals surface area contributed by atoms with Gasteiger partial charge < -0.3 is 9.13 Å². The molecule has 0 N–H and O–H groups in total. The molecule has 11 aromatic carbocycles. The summed E-state index contributed by atoms with van der Waals surface area (Å²) in [5.74, 6) is 0. The quantitative estimate of drug-likeness (QED) is 0.167. The maximum atomic E-state index is 2.55. The van der Waals surface area contributed by atoms with Crippen molar-refractivity contribution in [2.45, 2.75) is 10.8 Å². The largest absolute Gasteiger partial charge is 0.309 e. The monoisotopic (exact) mass is 886 g/mol. The highest BCUT2D eigenvalue weighted by atomic mass is 15.0. The molecule has 0 saturated heterocycles. The molecule has 2 nitrogen and oxygen atoms in total. The van der Waals surface area contributed by atoms with Gasteiger partial charge in [0.2, 0.25) is 0 Å². The van der Waals surface area contributed by atoms with E-state index in [0.717, 1.165) is 0 Å². The molecule has 324 valence electrons. The Morgan fingerprint density at radius 3 is 1.19 bits per heavy atom. The SMILES string of the molecule is c1ccc(-n2c3ccccc3c3cc(-c4ccc5c(c4)c4ccccc4n5-c4cccc5c4-c4ccccc4C54c5ccccc5C5(c6ccccc6-c6ccccc65)c5ccccc54)ccc32)cc1. The van der Waals surface area contributed by atoms with Gasteiger partial charge in [-0.25, -0.2) is 0 Å². The highest BCUT2D eigenvalue weighted by Crippen LogP contribution is 2.68. The molecule has 0 aliphatic heterocycles. The molecular weight excluding hydrogens is 845 g/mol. The first-order chi connectivity index (χ1) is 34.8. The molecule has 70 heavy (non-hydrogen) atoms. The van der Waals surface area contributed by atoms with Crippen molar-refractivity contribution in [2.75, 3.05) is 0 Å². The molecule has 3 aliphatic carbocycles. The second-order valence-electron chi connectivity index (χ2n) is 19.4. The summed E-state index contributed by atoms with van der Waals surface area (Å²) in [6.07, 6.45) is 0.